The molecule has 2 N–H and O–H groups in total. The van der Waals surface area contributed by atoms with E-state index < -0.39 is 26.6 Å². The summed E-state index contributed by atoms with van der Waals surface area (Å²) in [5.74, 6) is -0.228. The van der Waals surface area contributed by atoms with Gasteiger partial charge < -0.3 is 28.8 Å². The first kappa shape index (κ1) is 63.7. The number of nitrogens with one attached hydrogen (secondary N) is 1. The van der Waals surface area contributed by atoms with Crippen molar-refractivity contribution in [3.63, 3.8) is 0 Å². The van der Waals surface area contributed by atoms with Gasteiger partial charge >= 0.3 is 0 Å². The molecule has 0 saturated heterocycles. The van der Waals surface area contributed by atoms with E-state index in [1.54, 1.807) is 6.08 Å². The molecule has 9 heteroatoms. The van der Waals surface area contributed by atoms with Gasteiger partial charge in [0.25, 0.3) is 7.82 Å². The van der Waals surface area contributed by atoms with E-state index in [1.165, 1.54) is 109 Å². The van der Waals surface area contributed by atoms with Crippen molar-refractivity contribution in [1.29, 1.82) is 0 Å². The molecule has 0 saturated carbocycles. The van der Waals surface area contributed by atoms with Gasteiger partial charge in [0, 0.05) is 6.42 Å². The van der Waals surface area contributed by atoms with Crippen molar-refractivity contribution in [1.82, 2.24) is 5.32 Å². The number of phosphoric ester groups is 1. The largest absolute Gasteiger partial charge is 0.756 e. The third-order valence-corrected chi connectivity index (χ3v) is 12.6. The number of phosphoric acid groups is 1. The molecule has 66 heavy (non-hydrogen) atoms. The predicted molar refractivity (Wildman–Crippen MR) is 283 cm³/mol. The van der Waals surface area contributed by atoms with Crippen LogP contribution in [0.5, 0.6) is 0 Å². The third-order valence-electron chi connectivity index (χ3n) is 11.6. The third kappa shape index (κ3) is 49.6. The number of nitrogens with zero attached hydrogens (tertiary/aromatic N) is 1. The van der Waals surface area contributed by atoms with E-state index in [2.05, 4.69) is 92.1 Å². The van der Waals surface area contributed by atoms with Crippen molar-refractivity contribution in [2.24, 2.45) is 0 Å². The van der Waals surface area contributed by atoms with Gasteiger partial charge in [-0.3, -0.25) is 9.36 Å². The van der Waals surface area contributed by atoms with E-state index in [0.29, 0.717) is 17.4 Å². The number of carbonyl (C=O) groups excluding carboxylic acids is 1. The summed E-state index contributed by atoms with van der Waals surface area (Å²) in [6.45, 7) is 4.50. The molecule has 0 aliphatic rings. The smallest absolute Gasteiger partial charge is 0.268 e. The van der Waals surface area contributed by atoms with Crippen LogP contribution in [0.2, 0.25) is 0 Å². The lowest BCUT2D eigenvalue weighted by molar-refractivity contribution is -0.870. The number of amides is 1. The van der Waals surface area contributed by atoms with Crippen molar-refractivity contribution >= 4 is 13.7 Å². The van der Waals surface area contributed by atoms with E-state index in [0.717, 1.165) is 89.9 Å². The van der Waals surface area contributed by atoms with E-state index in [9.17, 15) is 19.4 Å². The lowest BCUT2D eigenvalue weighted by Gasteiger charge is -2.29. The molecule has 0 heterocycles. The average Bonchev–Trinajstić information content (AvgIpc) is 3.28. The Morgan fingerprint density at radius 3 is 1.41 bits per heavy atom. The van der Waals surface area contributed by atoms with Gasteiger partial charge in [0.15, 0.2) is 0 Å². The van der Waals surface area contributed by atoms with Crippen molar-refractivity contribution in [2.45, 2.75) is 231 Å². The number of aliphatic hydroxyl groups excluding tert-OH is 1. The Labute approximate surface area is 407 Å². The van der Waals surface area contributed by atoms with Crippen molar-refractivity contribution < 1.29 is 32.9 Å². The van der Waals surface area contributed by atoms with Crippen LogP contribution >= 0.6 is 7.82 Å². The number of allylic oxidation sites excluding steroid dienone is 13. The van der Waals surface area contributed by atoms with Crippen LogP contribution in [-0.2, 0) is 18.4 Å². The van der Waals surface area contributed by atoms with Crippen LogP contribution in [0.4, 0.5) is 0 Å². The van der Waals surface area contributed by atoms with E-state index in [4.69, 9.17) is 9.05 Å². The van der Waals surface area contributed by atoms with Gasteiger partial charge in [-0.1, -0.05) is 221 Å². The van der Waals surface area contributed by atoms with E-state index in [1.807, 2.05) is 27.2 Å². The molecule has 0 aliphatic heterocycles. The van der Waals surface area contributed by atoms with Crippen LogP contribution in [0.3, 0.4) is 0 Å². The van der Waals surface area contributed by atoms with Crippen LogP contribution in [0.1, 0.15) is 219 Å². The molecule has 3 atom stereocenters. The highest BCUT2D eigenvalue weighted by Crippen LogP contribution is 2.38. The van der Waals surface area contributed by atoms with E-state index >= 15 is 0 Å². The Bertz CT molecular complexity index is 1350. The molecule has 0 bridgehead atoms. The lowest BCUT2D eigenvalue weighted by Crippen LogP contribution is -2.45. The van der Waals surface area contributed by atoms with Crippen LogP contribution in [0.15, 0.2) is 85.1 Å². The molecule has 0 aromatic rings. The lowest BCUT2D eigenvalue weighted by atomic mass is 10.0. The van der Waals surface area contributed by atoms with Gasteiger partial charge in [0.1, 0.15) is 13.2 Å². The predicted octanol–water partition coefficient (Wildman–Crippen LogP) is 15.5. The second kappa shape index (κ2) is 47.7. The van der Waals surface area contributed by atoms with Crippen LogP contribution in [-0.4, -0.2) is 68.5 Å². The minimum absolute atomic E-state index is 0.0148. The SMILES string of the molecule is CC/C=C\C/C=C\C/C=C\C/C=C\C/C=C\CCCCCCCC(=O)NC(COP(=O)([O-])OCC[N+](C)(C)C)C(O)/C=C/CC/C=C/CCCCCCCCCCCCCCCCCCC. The Morgan fingerprint density at radius 1 is 0.545 bits per heavy atom. The topological polar surface area (TPSA) is 108 Å². The molecule has 0 radical (unpaired) electrons. The molecule has 3 unspecified atom stereocenters. The standard InChI is InChI=1S/C57H103N2O6P/c1-6-8-10-12-14-16-18-20-22-24-26-28-29-31-32-34-36-38-40-42-44-46-48-50-56(60)55(54-65-66(62,63)64-53-52-59(3,4)5)58-57(61)51-49-47-45-43-41-39-37-35-33-30-27-25-23-21-19-17-15-13-11-9-7-2/h9,11,15,17,21,23,27,30,35,37,40,42,48,50,55-56,60H,6-8,10,12-14,16,18-20,22,24-26,28-29,31-34,36,38-39,41,43-47,49,51-54H2,1-5H3,(H-,58,61,62,63)/b11-9-,17-15-,23-21-,30-27-,37-35-,42-40+,50-48+. The van der Waals surface area contributed by atoms with Gasteiger partial charge in [-0.25, -0.2) is 0 Å². The number of aliphatic hydroxyl groups is 1. The van der Waals surface area contributed by atoms with Gasteiger partial charge in [0.2, 0.25) is 5.91 Å². The highest BCUT2D eigenvalue weighted by Gasteiger charge is 2.23. The highest BCUT2D eigenvalue weighted by molar-refractivity contribution is 7.45. The first-order valence-electron chi connectivity index (χ1n) is 26.9. The zero-order valence-electron chi connectivity index (χ0n) is 43.4. The summed E-state index contributed by atoms with van der Waals surface area (Å²) in [6, 6.07) is -0.920. The van der Waals surface area contributed by atoms with Gasteiger partial charge in [-0.15, -0.1) is 0 Å². The maximum atomic E-state index is 12.9. The minimum Gasteiger partial charge on any atom is -0.756 e. The molecule has 0 aromatic heterocycles. The van der Waals surface area contributed by atoms with E-state index in [-0.39, 0.29) is 12.5 Å². The van der Waals surface area contributed by atoms with Crippen molar-refractivity contribution in [2.75, 3.05) is 40.9 Å². The summed E-state index contributed by atoms with van der Waals surface area (Å²) < 4.78 is 23.3. The summed E-state index contributed by atoms with van der Waals surface area (Å²) in [4.78, 5) is 25.4. The normalized spacial score (nSPS) is 14.7. The molecule has 382 valence electrons. The summed E-state index contributed by atoms with van der Waals surface area (Å²) in [5, 5.41) is 13.8. The monoisotopic (exact) mass is 943 g/mol. The molecule has 0 rings (SSSR count). The first-order valence-corrected chi connectivity index (χ1v) is 28.4. The fourth-order valence-electron chi connectivity index (χ4n) is 7.37. The van der Waals surface area contributed by atoms with Gasteiger partial charge in [0.05, 0.1) is 39.9 Å². The highest BCUT2D eigenvalue weighted by atomic mass is 31.2. The average molecular weight is 943 g/mol. The number of quaternary nitrogens is 1. The molecule has 0 fully saturated rings. The summed E-state index contributed by atoms with van der Waals surface area (Å²) in [6.07, 6.45) is 66.5. The molecular formula is C57H103N2O6P. The number of rotatable bonds is 48. The minimum atomic E-state index is -4.61. The van der Waals surface area contributed by atoms with Crippen LogP contribution in [0, 0.1) is 0 Å². The fourth-order valence-corrected chi connectivity index (χ4v) is 8.09. The number of hydrogen-bond donors (Lipinski definition) is 2. The molecule has 0 aromatic carbocycles. The van der Waals surface area contributed by atoms with Crippen molar-refractivity contribution in [3.05, 3.63) is 85.1 Å². The molecular weight excluding hydrogens is 840 g/mol. The van der Waals surface area contributed by atoms with Crippen LogP contribution in [0.25, 0.3) is 0 Å². The second-order valence-corrected chi connectivity index (χ2v) is 20.6. The number of likely N-dealkylation sites (N-methyl/N-ethyl adjacent to an activating group) is 1. The molecule has 8 nitrogen and oxygen atoms in total. The number of carbonyl (C=O) groups is 1. The van der Waals surface area contributed by atoms with Gasteiger partial charge in [-0.05, 0) is 77.0 Å². The second-order valence-electron chi connectivity index (χ2n) is 19.2. The maximum Gasteiger partial charge on any atom is 0.268 e. The maximum absolute atomic E-state index is 12.9. The molecule has 0 aliphatic carbocycles. The zero-order chi connectivity index (χ0) is 48.5. The number of unbranched alkanes of at least 4 members (excludes halogenated alkanes) is 23. The zero-order valence-corrected chi connectivity index (χ0v) is 44.3. The quantitative estimate of drug-likeness (QED) is 0.0272. The summed E-state index contributed by atoms with van der Waals surface area (Å²) in [7, 11) is 1.22. The van der Waals surface area contributed by atoms with Gasteiger partial charge in [-0.2, -0.15) is 0 Å². The molecule has 1 amide bonds. The Kier molecular flexibility index (Phi) is 46.1. The molecule has 0 spiro atoms. The summed E-state index contributed by atoms with van der Waals surface area (Å²) in [5.41, 5.74) is 0. The fraction of sp³-hybridized carbons (Fsp3) is 0.737. The Balaban J connectivity index is 4.38. The number of hydrogen-bond acceptors (Lipinski definition) is 6. The van der Waals surface area contributed by atoms with Crippen LogP contribution < -0.4 is 10.2 Å². The van der Waals surface area contributed by atoms with Crippen molar-refractivity contribution in [3.8, 4) is 0 Å². The Morgan fingerprint density at radius 2 is 0.939 bits per heavy atom. The summed E-state index contributed by atoms with van der Waals surface area (Å²) >= 11 is 0. The first-order chi connectivity index (χ1) is 32.0. The Hall–Kier alpha value is -2.32.